The minimum Gasteiger partial charge on any atom is -0.370 e. The molecule has 0 unspecified atom stereocenters. The summed E-state index contributed by atoms with van der Waals surface area (Å²) in [6.45, 7) is 0. The largest absolute Gasteiger partial charge is 0.370 e. The van der Waals surface area contributed by atoms with Crippen LogP contribution in [0.4, 0.5) is 0 Å². The number of unbranched alkanes of at least 4 members (excludes halogenated alkanes) is 1. The van der Waals surface area contributed by atoms with E-state index in [0.717, 1.165) is 0 Å². The molecule has 0 spiro atoms. The first-order chi connectivity index (χ1) is 5.54. The lowest BCUT2D eigenvalue weighted by atomic mass is 10.2. The molecule has 0 saturated heterocycles. The summed E-state index contributed by atoms with van der Waals surface area (Å²) in [5.74, 6) is -0.392. The van der Waals surface area contributed by atoms with Gasteiger partial charge in [0.2, 0.25) is 11.8 Å². The summed E-state index contributed by atoms with van der Waals surface area (Å²) in [4.78, 5) is 21.2. The van der Waals surface area contributed by atoms with E-state index in [2.05, 4.69) is 32.3 Å². The summed E-state index contributed by atoms with van der Waals surface area (Å²) in [7, 11) is 0. The van der Waals surface area contributed by atoms with E-state index in [-0.39, 0.29) is 11.8 Å². The van der Waals surface area contributed by atoms with Crippen molar-refractivity contribution in [2.75, 3.05) is 0 Å². The summed E-state index contributed by atoms with van der Waals surface area (Å²) in [6.07, 6.45) is 2.09. The smallest absolute Gasteiger partial charge is 0.242 e. The van der Waals surface area contributed by atoms with Crippen LogP contribution in [0, 0.1) is 0 Å². The Labute approximate surface area is 88.1 Å². The molecule has 0 bridgehead atoms. The highest BCUT2D eigenvalue weighted by molar-refractivity contribution is 9.21. The van der Waals surface area contributed by atoms with Gasteiger partial charge in [0.15, 0.2) is 0 Å². The summed E-state index contributed by atoms with van der Waals surface area (Å²) in [5, 5.41) is 0. The Morgan fingerprint density at radius 3 is 2.08 bits per heavy atom. The van der Waals surface area contributed by atoms with E-state index in [0.29, 0.717) is 25.7 Å². The van der Waals surface area contributed by atoms with Crippen molar-refractivity contribution in [3.05, 3.63) is 0 Å². The van der Waals surface area contributed by atoms with Crippen LogP contribution in [0.25, 0.3) is 0 Å². The number of carbonyl (C=O) groups is 2. The van der Waals surface area contributed by atoms with Gasteiger partial charge in [0, 0.05) is 12.8 Å². The van der Waals surface area contributed by atoms with Gasteiger partial charge in [-0.25, -0.2) is 2.95 Å². The van der Waals surface area contributed by atoms with E-state index in [9.17, 15) is 9.59 Å². The third kappa shape index (κ3) is 6.60. The molecule has 0 aromatic heterocycles. The predicted octanol–water partition coefficient (Wildman–Crippen LogP) is 1.48. The number of amides is 2. The third-order valence-electron chi connectivity index (χ3n) is 1.25. The standard InChI is InChI=1S/C6H10Br2N2O2/c7-10(8)6(12)4-2-1-3-5(9)11/h1-4H2,(H2,9,11). The normalized spacial score (nSPS) is 9.50. The zero-order valence-electron chi connectivity index (χ0n) is 6.43. The van der Waals surface area contributed by atoms with Crippen LogP contribution in [0.2, 0.25) is 0 Å². The Morgan fingerprint density at radius 2 is 1.67 bits per heavy atom. The van der Waals surface area contributed by atoms with Gasteiger partial charge in [0.1, 0.15) is 0 Å². The molecule has 12 heavy (non-hydrogen) atoms. The van der Waals surface area contributed by atoms with Gasteiger partial charge < -0.3 is 5.73 Å². The van der Waals surface area contributed by atoms with Gasteiger partial charge in [-0.1, -0.05) is 0 Å². The molecule has 0 saturated carbocycles. The number of rotatable bonds is 5. The van der Waals surface area contributed by atoms with E-state index in [1.165, 1.54) is 2.95 Å². The van der Waals surface area contributed by atoms with Crippen LogP contribution in [-0.2, 0) is 9.59 Å². The van der Waals surface area contributed by atoms with Crippen molar-refractivity contribution in [3.63, 3.8) is 0 Å². The lowest BCUT2D eigenvalue weighted by Crippen LogP contribution is -2.12. The third-order valence-corrected chi connectivity index (χ3v) is 2.04. The minimum absolute atomic E-state index is 0.0699. The number of nitrogens with zero attached hydrogens (tertiary/aromatic N) is 1. The summed E-state index contributed by atoms with van der Waals surface area (Å²) >= 11 is 5.86. The van der Waals surface area contributed by atoms with E-state index in [4.69, 9.17) is 5.73 Å². The SMILES string of the molecule is NC(=O)CCCCC(=O)N(Br)Br. The second-order valence-electron chi connectivity index (χ2n) is 2.30. The van der Waals surface area contributed by atoms with Crippen LogP contribution in [-0.4, -0.2) is 14.8 Å². The molecule has 0 fully saturated rings. The van der Waals surface area contributed by atoms with E-state index >= 15 is 0 Å². The first-order valence-corrected chi connectivity index (χ1v) is 4.88. The molecular formula is C6H10Br2N2O2. The van der Waals surface area contributed by atoms with Crippen molar-refractivity contribution in [2.45, 2.75) is 25.7 Å². The molecule has 70 valence electrons. The van der Waals surface area contributed by atoms with Crippen molar-refractivity contribution < 1.29 is 9.59 Å². The van der Waals surface area contributed by atoms with Crippen LogP contribution in [0.15, 0.2) is 0 Å². The highest BCUT2D eigenvalue weighted by Gasteiger charge is 2.06. The van der Waals surface area contributed by atoms with Crippen molar-refractivity contribution in [1.29, 1.82) is 0 Å². The molecule has 0 radical (unpaired) electrons. The van der Waals surface area contributed by atoms with E-state index in [1.54, 1.807) is 0 Å². The molecule has 0 aliphatic heterocycles. The molecule has 0 aliphatic rings. The number of carbonyl (C=O) groups excluding carboxylic acids is 2. The van der Waals surface area contributed by atoms with Crippen molar-refractivity contribution >= 4 is 44.1 Å². The first kappa shape index (κ1) is 11.9. The number of primary amides is 1. The van der Waals surface area contributed by atoms with Crippen LogP contribution in [0.5, 0.6) is 0 Å². The summed E-state index contributed by atoms with van der Waals surface area (Å²) in [6, 6.07) is 0. The molecule has 0 aliphatic carbocycles. The molecule has 2 N–H and O–H groups in total. The Hall–Kier alpha value is -0.100. The summed E-state index contributed by atoms with van der Waals surface area (Å²) < 4.78 is 1.17. The Kier molecular flexibility index (Phi) is 6.37. The van der Waals surface area contributed by atoms with Crippen LogP contribution in [0.1, 0.15) is 25.7 Å². The second kappa shape index (κ2) is 6.42. The van der Waals surface area contributed by atoms with Crippen LogP contribution >= 0.6 is 32.3 Å². The van der Waals surface area contributed by atoms with Gasteiger partial charge in [-0.3, -0.25) is 9.59 Å². The lowest BCUT2D eigenvalue weighted by Gasteiger charge is -2.03. The molecule has 0 heterocycles. The Balaban J connectivity index is 3.32. The van der Waals surface area contributed by atoms with Gasteiger partial charge >= 0.3 is 0 Å². The number of nitrogens with two attached hydrogens (primary N) is 1. The fraction of sp³-hybridized carbons (Fsp3) is 0.667. The highest BCUT2D eigenvalue weighted by atomic mass is 79.9. The van der Waals surface area contributed by atoms with Gasteiger partial charge in [-0.15, -0.1) is 0 Å². The molecule has 4 nitrogen and oxygen atoms in total. The average Bonchev–Trinajstić information content (AvgIpc) is 1.97. The van der Waals surface area contributed by atoms with Crippen LogP contribution < -0.4 is 5.73 Å². The first-order valence-electron chi connectivity index (χ1n) is 3.47. The van der Waals surface area contributed by atoms with Gasteiger partial charge in [-0.2, -0.15) is 0 Å². The molecule has 0 aromatic carbocycles. The fourth-order valence-electron chi connectivity index (χ4n) is 0.660. The number of hydrogen-bond donors (Lipinski definition) is 1. The van der Waals surface area contributed by atoms with Crippen molar-refractivity contribution in [1.82, 2.24) is 2.95 Å². The number of halogens is 2. The van der Waals surface area contributed by atoms with Crippen LogP contribution in [0.3, 0.4) is 0 Å². The van der Waals surface area contributed by atoms with Gasteiger partial charge in [-0.05, 0) is 12.8 Å². The molecule has 0 rings (SSSR count). The highest BCUT2D eigenvalue weighted by Crippen LogP contribution is 2.10. The maximum Gasteiger partial charge on any atom is 0.242 e. The van der Waals surface area contributed by atoms with E-state index < -0.39 is 0 Å². The Morgan fingerprint density at radius 1 is 1.17 bits per heavy atom. The maximum absolute atomic E-state index is 10.9. The van der Waals surface area contributed by atoms with Gasteiger partial charge in [0.25, 0.3) is 0 Å². The second-order valence-corrected chi connectivity index (χ2v) is 4.67. The van der Waals surface area contributed by atoms with Crippen molar-refractivity contribution in [3.8, 4) is 0 Å². The summed E-state index contributed by atoms with van der Waals surface area (Å²) in [5.41, 5.74) is 4.92. The van der Waals surface area contributed by atoms with Crippen molar-refractivity contribution in [2.24, 2.45) is 5.73 Å². The maximum atomic E-state index is 10.9. The topological polar surface area (TPSA) is 63.4 Å². The van der Waals surface area contributed by atoms with E-state index in [1.807, 2.05) is 0 Å². The molecule has 2 amide bonds. The zero-order valence-corrected chi connectivity index (χ0v) is 9.60. The molecular weight excluding hydrogens is 292 g/mol. The fourth-order valence-corrected chi connectivity index (χ4v) is 1.01. The van der Waals surface area contributed by atoms with Gasteiger partial charge in [0.05, 0.1) is 32.3 Å². The molecule has 6 heteroatoms. The number of hydrogen-bond acceptors (Lipinski definition) is 2. The quantitative estimate of drug-likeness (QED) is 0.617. The molecule has 0 atom stereocenters. The average molecular weight is 302 g/mol. The molecule has 0 aromatic rings. The Bertz CT molecular complexity index is 173. The zero-order chi connectivity index (χ0) is 9.56. The lowest BCUT2D eigenvalue weighted by molar-refractivity contribution is -0.123. The minimum atomic E-state index is -0.322. The predicted molar refractivity (Wildman–Crippen MR) is 52.4 cm³/mol. The monoisotopic (exact) mass is 300 g/mol.